The number of esters is 1. The normalized spacial score (nSPS) is 10.6. The Morgan fingerprint density at radius 1 is 1.39 bits per heavy atom. The summed E-state index contributed by atoms with van der Waals surface area (Å²) in [6.45, 7) is 0. The van der Waals surface area contributed by atoms with E-state index in [1.54, 1.807) is 12.3 Å². The molecule has 94 valence electrons. The van der Waals surface area contributed by atoms with E-state index in [-0.39, 0.29) is 18.0 Å². The van der Waals surface area contributed by atoms with Gasteiger partial charge in [-0.2, -0.15) is 0 Å². The number of nitrogens with zero attached hydrogens (tertiary/aromatic N) is 1. The first-order valence-electron chi connectivity index (χ1n) is 5.39. The summed E-state index contributed by atoms with van der Waals surface area (Å²) < 4.78 is 6.45. The zero-order valence-electron chi connectivity index (χ0n) is 10.1. The molecule has 0 bridgehead atoms. The van der Waals surface area contributed by atoms with Crippen LogP contribution in [-0.2, 0) is 23.0 Å². The zero-order valence-corrected chi connectivity index (χ0v) is 10.1. The molecule has 0 aliphatic carbocycles. The summed E-state index contributed by atoms with van der Waals surface area (Å²) in [5.41, 5.74) is 1.70. The van der Waals surface area contributed by atoms with E-state index in [9.17, 15) is 14.7 Å². The first-order chi connectivity index (χ1) is 8.52. The summed E-state index contributed by atoms with van der Waals surface area (Å²) in [4.78, 5) is 22.1. The molecule has 1 heterocycles. The Labute approximate surface area is 104 Å². The van der Waals surface area contributed by atoms with E-state index in [1.165, 1.54) is 19.2 Å². The first kappa shape index (κ1) is 12.2. The summed E-state index contributed by atoms with van der Waals surface area (Å²) >= 11 is 0. The third kappa shape index (κ3) is 2.07. The summed E-state index contributed by atoms with van der Waals surface area (Å²) in [6, 6.07) is 4.70. The van der Waals surface area contributed by atoms with Crippen LogP contribution in [0.3, 0.4) is 0 Å². The van der Waals surface area contributed by atoms with Crippen molar-refractivity contribution in [2.24, 2.45) is 7.05 Å². The number of ether oxygens (including phenoxy) is 1. The number of carboxylic acids is 1. The molecule has 0 saturated carbocycles. The van der Waals surface area contributed by atoms with Gasteiger partial charge in [0.1, 0.15) is 0 Å². The average molecular weight is 246 g/mol. The minimum Gasteiger partial charge on any atom is -0.545 e. The molecule has 0 radical (unpaired) electrons. The number of benzene rings is 1. The Bertz CT molecular complexity index is 627. The second-order valence-electron chi connectivity index (χ2n) is 4.04. The Morgan fingerprint density at radius 2 is 2.11 bits per heavy atom. The van der Waals surface area contributed by atoms with Crippen LogP contribution >= 0.6 is 0 Å². The Balaban J connectivity index is 2.55. The van der Waals surface area contributed by atoms with Crippen LogP contribution < -0.4 is 5.11 Å². The smallest absolute Gasteiger partial charge is 0.310 e. The molecule has 0 unspecified atom stereocenters. The number of carbonyl (C=O) groups excluding carboxylic acids is 2. The molecule has 0 aliphatic heterocycles. The van der Waals surface area contributed by atoms with Crippen LogP contribution in [0.2, 0.25) is 0 Å². The fourth-order valence-corrected chi connectivity index (χ4v) is 1.97. The van der Waals surface area contributed by atoms with Gasteiger partial charge in [0.05, 0.1) is 19.5 Å². The minimum atomic E-state index is -1.23. The highest BCUT2D eigenvalue weighted by Crippen LogP contribution is 2.22. The minimum absolute atomic E-state index is 0.0971. The maximum atomic E-state index is 11.3. The van der Waals surface area contributed by atoms with E-state index in [0.717, 1.165) is 16.5 Å². The van der Waals surface area contributed by atoms with Gasteiger partial charge in [-0.05, 0) is 23.3 Å². The van der Waals surface area contributed by atoms with Crippen molar-refractivity contribution in [2.45, 2.75) is 6.42 Å². The molecule has 1 aromatic carbocycles. The third-order valence-electron chi connectivity index (χ3n) is 2.87. The van der Waals surface area contributed by atoms with E-state index >= 15 is 0 Å². The van der Waals surface area contributed by atoms with Crippen LogP contribution in [0.25, 0.3) is 10.9 Å². The number of hydrogen-bond donors (Lipinski definition) is 0. The van der Waals surface area contributed by atoms with E-state index in [2.05, 4.69) is 4.74 Å². The van der Waals surface area contributed by atoms with Crippen molar-refractivity contribution in [3.63, 3.8) is 0 Å². The van der Waals surface area contributed by atoms with Gasteiger partial charge in [0, 0.05) is 24.1 Å². The SMILES string of the molecule is COC(=O)Cc1cn(C)c2ccc(C(=O)[O-])cc12. The van der Waals surface area contributed by atoms with Gasteiger partial charge in [0.15, 0.2) is 0 Å². The van der Waals surface area contributed by atoms with Gasteiger partial charge in [0.2, 0.25) is 0 Å². The van der Waals surface area contributed by atoms with Crippen molar-refractivity contribution < 1.29 is 19.4 Å². The molecule has 2 rings (SSSR count). The highest BCUT2D eigenvalue weighted by molar-refractivity contribution is 5.95. The number of rotatable bonds is 3. The van der Waals surface area contributed by atoms with Gasteiger partial charge in [-0.3, -0.25) is 4.79 Å². The highest BCUT2D eigenvalue weighted by atomic mass is 16.5. The lowest BCUT2D eigenvalue weighted by Gasteiger charge is -2.04. The molecule has 2 aromatic rings. The Kier molecular flexibility index (Phi) is 3.06. The Hall–Kier alpha value is -2.30. The second-order valence-corrected chi connectivity index (χ2v) is 4.04. The maximum absolute atomic E-state index is 11.3. The predicted molar refractivity (Wildman–Crippen MR) is 63.0 cm³/mol. The molecule has 5 heteroatoms. The summed E-state index contributed by atoms with van der Waals surface area (Å²) in [5.74, 6) is -1.59. The first-order valence-corrected chi connectivity index (χ1v) is 5.39. The largest absolute Gasteiger partial charge is 0.545 e. The molecular formula is C13H12NO4-. The number of aromatic nitrogens is 1. The monoisotopic (exact) mass is 246 g/mol. The summed E-state index contributed by atoms with van der Waals surface area (Å²) in [6.07, 6.45) is 1.91. The fourth-order valence-electron chi connectivity index (χ4n) is 1.97. The second kappa shape index (κ2) is 4.52. The van der Waals surface area contributed by atoms with Crippen LogP contribution in [0.1, 0.15) is 15.9 Å². The van der Waals surface area contributed by atoms with Crippen molar-refractivity contribution in [1.29, 1.82) is 0 Å². The summed E-state index contributed by atoms with van der Waals surface area (Å²) in [7, 11) is 3.15. The predicted octanol–water partition coefficient (Wildman–Crippen LogP) is 0.257. The lowest BCUT2D eigenvalue weighted by atomic mass is 10.1. The molecule has 0 N–H and O–H groups in total. The third-order valence-corrected chi connectivity index (χ3v) is 2.87. The van der Waals surface area contributed by atoms with Crippen molar-refractivity contribution in [1.82, 2.24) is 4.57 Å². The number of carbonyl (C=O) groups is 2. The summed E-state index contributed by atoms with van der Waals surface area (Å²) in [5, 5.41) is 11.6. The van der Waals surface area contributed by atoms with Gasteiger partial charge >= 0.3 is 5.97 Å². The molecule has 0 spiro atoms. The van der Waals surface area contributed by atoms with Crippen LogP contribution in [0, 0.1) is 0 Å². The fraction of sp³-hybridized carbons (Fsp3) is 0.231. The number of hydrogen-bond acceptors (Lipinski definition) is 4. The molecule has 0 atom stereocenters. The highest BCUT2D eigenvalue weighted by Gasteiger charge is 2.11. The number of aryl methyl sites for hydroxylation is 1. The van der Waals surface area contributed by atoms with Crippen LogP contribution in [0.15, 0.2) is 24.4 Å². The molecule has 0 aliphatic rings. The number of methoxy groups -OCH3 is 1. The van der Waals surface area contributed by atoms with Crippen molar-refractivity contribution >= 4 is 22.8 Å². The zero-order chi connectivity index (χ0) is 13.3. The molecule has 0 fully saturated rings. The topological polar surface area (TPSA) is 71.4 Å². The van der Waals surface area contributed by atoms with Crippen molar-refractivity contribution in [3.8, 4) is 0 Å². The van der Waals surface area contributed by atoms with Gasteiger partial charge in [-0.25, -0.2) is 0 Å². The Morgan fingerprint density at radius 3 is 2.72 bits per heavy atom. The molecule has 0 saturated heterocycles. The molecule has 0 amide bonds. The molecule has 18 heavy (non-hydrogen) atoms. The van der Waals surface area contributed by atoms with E-state index in [0.29, 0.717) is 0 Å². The van der Waals surface area contributed by atoms with Crippen LogP contribution in [-0.4, -0.2) is 23.6 Å². The molecule has 5 nitrogen and oxygen atoms in total. The van der Waals surface area contributed by atoms with E-state index in [1.807, 2.05) is 11.6 Å². The maximum Gasteiger partial charge on any atom is 0.310 e. The number of carboxylic acid groups (broad SMARTS) is 1. The lowest BCUT2D eigenvalue weighted by molar-refractivity contribution is -0.255. The average Bonchev–Trinajstić information content (AvgIpc) is 2.65. The van der Waals surface area contributed by atoms with Crippen molar-refractivity contribution in [2.75, 3.05) is 7.11 Å². The number of fused-ring (bicyclic) bond motifs is 1. The molecular weight excluding hydrogens is 234 g/mol. The van der Waals surface area contributed by atoms with Crippen molar-refractivity contribution in [3.05, 3.63) is 35.5 Å². The van der Waals surface area contributed by atoms with E-state index in [4.69, 9.17) is 0 Å². The van der Waals surface area contributed by atoms with E-state index < -0.39 is 5.97 Å². The lowest BCUT2D eigenvalue weighted by Crippen LogP contribution is -2.22. The van der Waals surface area contributed by atoms with Gasteiger partial charge in [-0.1, -0.05) is 6.07 Å². The standard InChI is InChI=1S/C13H13NO4/c1-14-7-9(6-12(15)18-2)10-5-8(13(16)17)3-4-11(10)14/h3-5,7H,6H2,1-2H3,(H,16,17)/p-1. The van der Waals surface area contributed by atoms with Gasteiger partial charge in [0.25, 0.3) is 0 Å². The quantitative estimate of drug-likeness (QED) is 0.728. The molecule has 1 aromatic heterocycles. The van der Waals surface area contributed by atoms with Gasteiger partial charge < -0.3 is 19.2 Å². The van der Waals surface area contributed by atoms with Crippen LogP contribution in [0.5, 0.6) is 0 Å². The van der Waals surface area contributed by atoms with Crippen LogP contribution in [0.4, 0.5) is 0 Å². The number of aromatic carboxylic acids is 1. The van der Waals surface area contributed by atoms with Gasteiger partial charge in [-0.15, -0.1) is 0 Å².